The second-order valence-electron chi connectivity index (χ2n) is 8.16. The van der Waals surface area contributed by atoms with Gasteiger partial charge in [-0.05, 0) is 74.6 Å². The van der Waals surface area contributed by atoms with E-state index in [9.17, 15) is 9.59 Å². The van der Waals surface area contributed by atoms with Gasteiger partial charge in [0.05, 0.1) is 20.5 Å². The molecule has 2 amide bonds. The van der Waals surface area contributed by atoms with Crippen molar-refractivity contribution in [3.8, 4) is 0 Å². The average Bonchev–Trinajstić information content (AvgIpc) is 3.37. The molecule has 2 aromatic rings. The number of nitrogens with one attached hydrogen (secondary N) is 2. The number of rotatable bonds is 5. The van der Waals surface area contributed by atoms with Gasteiger partial charge in [-0.25, -0.2) is 0 Å². The van der Waals surface area contributed by atoms with Crippen molar-refractivity contribution in [2.75, 3.05) is 5.32 Å². The Morgan fingerprint density at radius 1 is 1.18 bits per heavy atom. The van der Waals surface area contributed by atoms with Gasteiger partial charge in [0.2, 0.25) is 0 Å². The number of aryl methyl sites for hydroxylation is 1. The highest BCUT2D eigenvalue weighted by molar-refractivity contribution is 7.18. The Balaban J connectivity index is 1.41. The number of hydrogen-bond acceptors (Lipinski definition) is 3. The zero-order valence-corrected chi connectivity index (χ0v) is 17.7. The van der Waals surface area contributed by atoms with Crippen LogP contribution in [-0.2, 0) is 0 Å². The van der Waals surface area contributed by atoms with E-state index in [1.165, 1.54) is 37.0 Å². The molecule has 4 rings (SSSR count). The molecular weight excluding hydrogens is 392 g/mol. The fourth-order valence-corrected chi connectivity index (χ4v) is 6.07. The Bertz CT molecular complexity index is 910. The molecule has 28 heavy (non-hydrogen) atoms. The Kier molecular flexibility index (Phi) is 5.48. The molecule has 0 spiro atoms. The number of hydrogen-bond donors (Lipinski definition) is 2. The predicted molar refractivity (Wildman–Crippen MR) is 114 cm³/mol. The lowest BCUT2D eigenvalue weighted by Gasteiger charge is -2.28. The van der Waals surface area contributed by atoms with Gasteiger partial charge in [-0.3, -0.25) is 9.59 Å². The number of thiophene rings is 1. The van der Waals surface area contributed by atoms with Gasteiger partial charge in [0.15, 0.2) is 0 Å². The molecule has 2 N–H and O–H groups in total. The summed E-state index contributed by atoms with van der Waals surface area (Å²) in [6, 6.07) is 8.96. The van der Waals surface area contributed by atoms with Crippen LogP contribution in [0.1, 0.15) is 58.2 Å². The van der Waals surface area contributed by atoms with E-state index < -0.39 is 0 Å². The van der Waals surface area contributed by atoms with E-state index in [4.69, 9.17) is 11.6 Å². The second kappa shape index (κ2) is 7.88. The van der Waals surface area contributed by atoms with Crippen molar-refractivity contribution in [2.24, 2.45) is 17.8 Å². The van der Waals surface area contributed by atoms with Crippen LogP contribution in [0.15, 0.2) is 30.3 Å². The first-order valence-electron chi connectivity index (χ1n) is 9.89. The minimum atomic E-state index is -0.269. The number of amides is 2. The molecule has 2 bridgehead atoms. The molecule has 4 unspecified atom stereocenters. The van der Waals surface area contributed by atoms with Crippen LogP contribution in [0.3, 0.4) is 0 Å². The molecular formula is C22H25ClN2O2S. The maximum absolute atomic E-state index is 12.8. The first-order chi connectivity index (χ1) is 13.4. The Morgan fingerprint density at radius 3 is 2.64 bits per heavy atom. The summed E-state index contributed by atoms with van der Waals surface area (Å²) >= 11 is 7.41. The maximum atomic E-state index is 12.8. The molecule has 4 nitrogen and oxygen atoms in total. The summed E-state index contributed by atoms with van der Waals surface area (Å²) in [7, 11) is 0. The minimum absolute atomic E-state index is 0.0454. The normalized spacial score (nSPS) is 24.2. The van der Waals surface area contributed by atoms with Gasteiger partial charge in [-0.1, -0.05) is 30.2 Å². The van der Waals surface area contributed by atoms with E-state index in [0.717, 1.165) is 17.4 Å². The summed E-state index contributed by atoms with van der Waals surface area (Å²) in [5, 5.41) is 7.13. The van der Waals surface area contributed by atoms with E-state index in [0.29, 0.717) is 26.4 Å². The zero-order valence-electron chi connectivity index (χ0n) is 16.1. The van der Waals surface area contributed by atoms with Crippen molar-refractivity contribution >= 4 is 39.8 Å². The molecule has 148 valence electrons. The quantitative estimate of drug-likeness (QED) is 0.674. The first kappa shape index (κ1) is 19.5. The van der Waals surface area contributed by atoms with Crippen LogP contribution in [0.25, 0.3) is 0 Å². The van der Waals surface area contributed by atoms with Gasteiger partial charge in [0.1, 0.15) is 0 Å². The number of anilines is 1. The van der Waals surface area contributed by atoms with Crippen molar-refractivity contribution in [1.82, 2.24) is 5.32 Å². The summed E-state index contributed by atoms with van der Waals surface area (Å²) in [5.74, 6) is 1.92. The van der Waals surface area contributed by atoms with Crippen LogP contribution in [-0.4, -0.2) is 17.9 Å². The monoisotopic (exact) mass is 416 g/mol. The maximum Gasteiger partial charge on any atom is 0.261 e. The molecule has 2 aliphatic rings. The van der Waals surface area contributed by atoms with E-state index in [1.807, 2.05) is 13.0 Å². The number of fused-ring (bicyclic) bond motifs is 2. The molecule has 4 atom stereocenters. The molecule has 0 radical (unpaired) electrons. The fourth-order valence-electron chi connectivity index (χ4n) is 4.88. The van der Waals surface area contributed by atoms with E-state index in [-0.39, 0.29) is 17.9 Å². The average molecular weight is 417 g/mol. The smallest absolute Gasteiger partial charge is 0.261 e. The third-order valence-corrected chi connectivity index (χ3v) is 7.75. The molecule has 0 saturated heterocycles. The summed E-state index contributed by atoms with van der Waals surface area (Å²) < 4.78 is 0. The van der Waals surface area contributed by atoms with E-state index in [2.05, 4.69) is 17.6 Å². The lowest BCUT2D eigenvalue weighted by Crippen LogP contribution is -2.40. The third kappa shape index (κ3) is 3.83. The number of carbonyl (C=O) groups is 2. The van der Waals surface area contributed by atoms with Crippen LogP contribution in [0, 0.1) is 24.7 Å². The number of carbonyl (C=O) groups excluding carboxylic acids is 2. The van der Waals surface area contributed by atoms with E-state index in [1.54, 1.807) is 24.3 Å². The van der Waals surface area contributed by atoms with Gasteiger partial charge in [0.25, 0.3) is 11.8 Å². The zero-order chi connectivity index (χ0) is 19.8. The Hall–Kier alpha value is -1.85. The Labute approximate surface area is 174 Å². The minimum Gasteiger partial charge on any atom is -0.349 e. The topological polar surface area (TPSA) is 58.2 Å². The summed E-state index contributed by atoms with van der Waals surface area (Å²) in [5.41, 5.74) is 1.29. The highest BCUT2D eigenvalue weighted by atomic mass is 35.5. The largest absolute Gasteiger partial charge is 0.349 e. The Morgan fingerprint density at radius 2 is 1.96 bits per heavy atom. The summed E-state index contributed by atoms with van der Waals surface area (Å²) in [4.78, 5) is 25.9. The SMILES string of the molecule is Cc1cc(NC(=O)c2ccccc2Cl)sc1C(=O)NC(C)C1CC2CCC1C2. The van der Waals surface area contributed by atoms with Crippen LogP contribution < -0.4 is 10.6 Å². The van der Waals surface area contributed by atoms with Gasteiger partial charge in [0, 0.05) is 6.04 Å². The lowest BCUT2D eigenvalue weighted by molar-refractivity contribution is 0.0918. The fraction of sp³-hybridized carbons (Fsp3) is 0.455. The van der Waals surface area contributed by atoms with Gasteiger partial charge >= 0.3 is 0 Å². The number of halogens is 1. The third-order valence-electron chi connectivity index (χ3n) is 6.27. The van der Waals surface area contributed by atoms with Crippen molar-refractivity contribution in [2.45, 2.75) is 45.6 Å². The molecule has 1 aromatic carbocycles. The highest BCUT2D eigenvalue weighted by Gasteiger charge is 2.42. The summed E-state index contributed by atoms with van der Waals surface area (Å²) in [6.45, 7) is 4.03. The van der Waals surface area contributed by atoms with Crippen molar-refractivity contribution in [3.05, 3.63) is 51.4 Å². The van der Waals surface area contributed by atoms with Crippen LogP contribution in [0.5, 0.6) is 0 Å². The molecule has 2 saturated carbocycles. The lowest BCUT2D eigenvalue weighted by atomic mass is 9.84. The first-order valence-corrected chi connectivity index (χ1v) is 11.1. The molecule has 1 aromatic heterocycles. The van der Waals surface area contributed by atoms with Crippen LogP contribution in [0.4, 0.5) is 5.00 Å². The standard InChI is InChI=1S/C22H25ClN2O2S/c1-12-9-19(25-21(26)16-5-3-4-6-18(16)23)28-20(12)22(27)24-13(2)17-11-14-7-8-15(17)10-14/h3-6,9,13-15,17H,7-8,10-11H2,1-2H3,(H,24,27)(H,25,26). The van der Waals surface area contributed by atoms with Gasteiger partial charge in [-0.15, -0.1) is 11.3 Å². The van der Waals surface area contributed by atoms with Gasteiger partial charge < -0.3 is 10.6 Å². The molecule has 2 fully saturated rings. The van der Waals surface area contributed by atoms with Crippen molar-refractivity contribution in [3.63, 3.8) is 0 Å². The van der Waals surface area contributed by atoms with Crippen LogP contribution >= 0.6 is 22.9 Å². The van der Waals surface area contributed by atoms with E-state index >= 15 is 0 Å². The second-order valence-corrected chi connectivity index (χ2v) is 9.62. The van der Waals surface area contributed by atoms with Crippen LogP contribution in [0.2, 0.25) is 5.02 Å². The molecule has 2 aliphatic carbocycles. The number of benzene rings is 1. The summed E-state index contributed by atoms with van der Waals surface area (Å²) in [6.07, 6.45) is 5.25. The van der Waals surface area contributed by atoms with Crippen molar-refractivity contribution < 1.29 is 9.59 Å². The molecule has 6 heteroatoms. The molecule has 0 aliphatic heterocycles. The van der Waals surface area contributed by atoms with Crippen molar-refractivity contribution in [1.29, 1.82) is 0 Å². The van der Waals surface area contributed by atoms with Gasteiger partial charge in [-0.2, -0.15) is 0 Å². The highest BCUT2D eigenvalue weighted by Crippen LogP contribution is 2.49. The molecule has 1 heterocycles. The predicted octanol–water partition coefficient (Wildman–Crippen LogP) is 5.52.